The number of carbonyl (C=O) groups is 4. The number of urea groups is 1. The number of rotatable bonds is 4. The normalized spacial score (nSPS) is 17.9. The molecule has 0 aromatic heterocycles. The zero-order chi connectivity index (χ0) is 16.7. The summed E-state index contributed by atoms with van der Waals surface area (Å²) in [5.41, 5.74) is 1.32. The van der Waals surface area contributed by atoms with E-state index in [1.54, 1.807) is 18.2 Å². The van der Waals surface area contributed by atoms with E-state index >= 15 is 0 Å². The number of anilines is 1. The van der Waals surface area contributed by atoms with Crippen LogP contribution in [0, 0.1) is 6.92 Å². The summed E-state index contributed by atoms with van der Waals surface area (Å²) in [6.07, 6.45) is 1.40. The Morgan fingerprint density at radius 2 is 1.96 bits per heavy atom. The summed E-state index contributed by atoms with van der Waals surface area (Å²) in [4.78, 5) is 49.4. The molecule has 1 saturated carbocycles. The highest BCUT2D eigenvalue weighted by Crippen LogP contribution is 2.31. The molecule has 0 spiro atoms. The smallest absolute Gasteiger partial charge is 0.324 e. The van der Waals surface area contributed by atoms with Crippen LogP contribution in [-0.2, 0) is 14.4 Å². The predicted molar refractivity (Wildman–Crippen MR) is 81.8 cm³/mol. The molecule has 2 fully saturated rings. The molecule has 120 valence electrons. The maximum absolute atomic E-state index is 12.1. The summed E-state index contributed by atoms with van der Waals surface area (Å²) >= 11 is 5.97. The van der Waals surface area contributed by atoms with E-state index in [-0.39, 0.29) is 6.04 Å². The predicted octanol–water partition coefficient (Wildman–Crippen LogP) is 1.54. The maximum atomic E-state index is 12.1. The fourth-order valence-electron chi connectivity index (χ4n) is 2.33. The number of imide groups is 2. The molecular formula is C15H14ClN3O4. The standard InChI is InChI=1S/C15H14ClN3O4/c1-8-2-3-9(6-11(8)16)17-12(20)7-18-13(21)14(22)19(15(18)23)10-4-5-10/h2-3,6,10H,4-5,7H2,1H3,(H,17,20). The fourth-order valence-corrected chi connectivity index (χ4v) is 2.51. The van der Waals surface area contributed by atoms with Crippen LogP contribution in [0.5, 0.6) is 0 Å². The molecule has 23 heavy (non-hydrogen) atoms. The van der Waals surface area contributed by atoms with Crippen LogP contribution in [0.3, 0.4) is 0 Å². The van der Waals surface area contributed by atoms with Gasteiger partial charge in [0.1, 0.15) is 6.54 Å². The third-order valence-corrected chi connectivity index (χ3v) is 4.16. The van der Waals surface area contributed by atoms with Crippen molar-refractivity contribution in [3.05, 3.63) is 28.8 Å². The van der Waals surface area contributed by atoms with Gasteiger partial charge in [-0.25, -0.2) is 9.69 Å². The molecule has 1 aromatic carbocycles. The largest absolute Gasteiger partial charge is 0.334 e. The summed E-state index contributed by atoms with van der Waals surface area (Å²) in [5, 5.41) is 3.05. The first-order valence-electron chi connectivity index (χ1n) is 7.13. The van der Waals surface area contributed by atoms with Gasteiger partial charge in [-0.05, 0) is 37.5 Å². The molecule has 2 aliphatic rings. The van der Waals surface area contributed by atoms with Crippen molar-refractivity contribution in [3.63, 3.8) is 0 Å². The van der Waals surface area contributed by atoms with Crippen molar-refractivity contribution in [2.24, 2.45) is 0 Å². The van der Waals surface area contributed by atoms with Crippen molar-refractivity contribution in [1.29, 1.82) is 0 Å². The molecular weight excluding hydrogens is 322 g/mol. The Bertz CT molecular complexity index is 729. The van der Waals surface area contributed by atoms with E-state index in [2.05, 4.69) is 5.32 Å². The number of halogens is 1. The molecule has 0 radical (unpaired) electrons. The van der Waals surface area contributed by atoms with E-state index in [4.69, 9.17) is 11.6 Å². The van der Waals surface area contributed by atoms with Gasteiger partial charge in [0.25, 0.3) is 0 Å². The van der Waals surface area contributed by atoms with E-state index < -0.39 is 30.3 Å². The van der Waals surface area contributed by atoms with Gasteiger partial charge in [0.2, 0.25) is 5.91 Å². The third-order valence-electron chi connectivity index (χ3n) is 3.75. The number of carbonyl (C=O) groups excluding carboxylic acids is 4. The number of amides is 5. The molecule has 1 saturated heterocycles. The average molecular weight is 336 g/mol. The highest BCUT2D eigenvalue weighted by molar-refractivity contribution is 6.45. The van der Waals surface area contributed by atoms with Crippen LogP contribution in [0.25, 0.3) is 0 Å². The number of nitrogens with one attached hydrogen (secondary N) is 1. The molecule has 1 aliphatic heterocycles. The first-order valence-corrected chi connectivity index (χ1v) is 7.51. The minimum atomic E-state index is -0.959. The molecule has 1 aromatic rings. The molecule has 5 amide bonds. The van der Waals surface area contributed by atoms with Crippen molar-refractivity contribution < 1.29 is 19.2 Å². The monoisotopic (exact) mass is 335 g/mol. The summed E-state index contributed by atoms with van der Waals surface area (Å²) in [5.74, 6) is -2.39. The maximum Gasteiger partial charge on any atom is 0.334 e. The fraction of sp³-hybridized carbons (Fsp3) is 0.333. The number of hydrogen-bond donors (Lipinski definition) is 1. The van der Waals surface area contributed by atoms with Gasteiger partial charge in [-0.1, -0.05) is 17.7 Å². The zero-order valence-electron chi connectivity index (χ0n) is 12.3. The lowest BCUT2D eigenvalue weighted by Gasteiger charge is -2.14. The topological polar surface area (TPSA) is 86.8 Å². The van der Waals surface area contributed by atoms with E-state index in [1.165, 1.54) is 0 Å². The highest BCUT2D eigenvalue weighted by atomic mass is 35.5. The van der Waals surface area contributed by atoms with Gasteiger partial charge >= 0.3 is 17.8 Å². The van der Waals surface area contributed by atoms with Crippen molar-refractivity contribution in [3.8, 4) is 0 Å². The van der Waals surface area contributed by atoms with Crippen LogP contribution in [0.4, 0.5) is 10.5 Å². The Labute approximate surface area is 137 Å². The summed E-state index contributed by atoms with van der Waals surface area (Å²) in [6.45, 7) is 1.33. The average Bonchev–Trinajstić information content (AvgIpc) is 3.29. The third kappa shape index (κ3) is 2.92. The lowest BCUT2D eigenvalue weighted by atomic mass is 10.2. The van der Waals surface area contributed by atoms with Crippen LogP contribution in [0.15, 0.2) is 18.2 Å². The van der Waals surface area contributed by atoms with Gasteiger partial charge in [-0.15, -0.1) is 0 Å². The molecule has 1 heterocycles. The van der Waals surface area contributed by atoms with Gasteiger partial charge in [0.05, 0.1) is 0 Å². The lowest BCUT2D eigenvalue weighted by molar-refractivity contribution is -0.143. The molecule has 3 rings (SSSR count). The second-order valence-corrected chi connectivity index (χ2v) is 6.00. The molecule has 0 bridgehead atoms. The number of aryl methyl sites for hydroxylation is 1. The Balaban J connectivity index is 1.67. The Morgan fingerprint density at radius 1 is 1.26 bits per heavy atom. The van der Waals surface area contributed by atoms with Crippen molar-refractivity contribution >= 4 is 41.0 Å². The number of hydrogen-bond acceptors (Lipinski definition) is 4. The van der Waals surface area contributed by atoms with Crippen LogP contribution in [0.1, 0.15) is 18.4 Å². The van der Waals surface area contributed by atoms with Crippen LogP contribution < -0.4 is 5.32 Å². The molecule has 0 unspecified atom stereocenters. The SMILES string of the molecule is Cc1ccc(NC(=O)CN2C(=O)C(=O)N(C3CC3)C2=O)cc1Cl. The van der Waals surface area contributed by atoms with Crippen molar-refractivity contribution in [2.75, 3.05) is 11.9 Å². The second-order valence-electron chi connectivity index (χ2n) is 5.59. The lowest BCUT2D eigenvalue weighted by Crippen LogP contribution is -2.39. The molecule has 8 heteroatoms. The summed E-state index contributed by atoms with van der Waals surface area (Å²) in [7, 11) is 0. The van der Waals surface area contributed by atoms with Crippen molar-refractivity contribution in [1.82, 2.24) is 9.80 Å². The quantitative estimate of drug-likeness (QED) is 0.668. The van der Waals surface area contributed by atoms with Crippen LogP contribution in [0.2, 0.25) is 5.02 Å². The van der Waals surface area contributed by atoms with Gasteiger partial charge in [0.15, 0.2) is 0 Å². The van der Waals surface area contributed by atoms with Gasteiger partial charge < -0.3 is 5.32 Å². The van der Waals surface area contributed by atoms with Crippen molar-refractivity contribution in [2.45, 2.75) is 25.8 Å². The second kappa shape index (κ2) is 5.66. The Hall–Kier alpha value is -2.41. The Kier molecular flexibility index (Phi) is 3.81. The molecule has 7 nitrogen and oxygen atoms in total. The summed E-state index contributed by atoms with van der Waals surface area (Å²) < 4.78 is 0. The zero-order valence-corrected chi connectivity index (χ0v) is 13.1. The number of benzene rings is 1. The number of nitrogens with zero attached hydrogens (tertiary/aromatic N) is 2. The Morgan fingerprint density at radius 3 is 2.57 bits per heavy atom. The van der Waals surface area contributed by atoms with E-state index in [0.29, 0.717) is 28.5 Å². The molecule has 1 aliphatic carbocycles. The molecule has 1 N–H and O–H groups in total. The first-order chi connectivity index (χ1) is 10.9. The van der Waals surface area contributed by atoms with Crippen LogP contribution in [-0.4, -0.2) is 46.1 Å². The molecule has 0 atom stereocenters. The first kappa shape index (κ1) is 15.5. The van der Waals surface area contributed by atoms with E-state index in [9.17, 15) is 19.2 Å². The summed E-state index contributed by atoms with van der Waals surface area (Å²) in [6, 6.07) is 4.04. The van der Waals surface area contributed by atoms with E-state index in [1.807, 2.05) is 6.92 Å². The van der Waals surface area contributed by atoms with E-state index in [0.717, 1.165) is 10.5 Å². The van der Waals surface area contributed by atoms with Gasteiger partial charge in [-0.3, -0.25) is 19.3 Å². The van der Waals surface area contributed by atoms with Gasteiger partial charge in [0, 0.05) is 16.8 Å². The van der Waals surface area contributed by atoms with Crippen LogP contribution >= 0.6 is 11.6 Å². The highest BCUT2D eigenvalue weighted by Gasteiger charge is 2.51. The van der Waals surface area contributed by atoms with Gasteiger partial charge in [-0.2, -0.15) is 0 Å². The minimum Gasteiger partial charge on any atom is -0.324 e. The minimum absolute atomic E-state index is 0.206.